The Labute approximate surface area is 80.1 Å². The zero-order chi connectivity index (χ0) is 10.9. The highest BCUT2D eigenvalue weighted by atomic mass is 32.2. The fraction of sp³-hybridized carbons (Fsp3) is 1.00. The van der Waals surface area contributed by atoms with Gasteiger partial charge in [0, 0.05) is 0 Å². The van der Waals surface area contributed by atoms with Gasteiger partial charge in [-0.3, -0.25) is 9.13 Å². The number of hydrogen-bond acceptors (Lipinski definition) is 3. The van der Waals surface area contributed by atoms with Crippen LogP contribution in [0.3, 0.4) is 0 Å². The van der Waals surface area contributed by atoms with E-state index in [0.29, 0.717) is 11.8 Å². The van der Waals surface area contributed by atoms with Crippen LogP contribution in [0, 0.1) is 0 Å². The summed E-state index contributed by atoms with van der Waals surface area (Å²) in [6, 6.07) is 0. The fourth-order valence-electron chi connectivity index (χ4n) is 0.444. The summed E-state index contributed by atoms with van der Waals surface area (Å²) in [5, 5.41) is 0. The molecule has 80 valence electrons. The molecular weight excluding hydrogens is 238 g/mol. The summed E-state index contributed by atoms with van der Waals surface area (Å²) in [5.41, 5.74) is 0. The van der Waals surface area contributed by atoms with E-state index in [1.807, 2.05) is 0 Å². The molecule has 0 heterocycles. The van der Waals surface area contributed by atoms with Crippen molar-refractivity contribution in [3.63, 3.8) is 0 Å². The molecular formula is C4H12O6P2S. The third-order valence-corrected chi connectivity index (χ3v) is 6.40. The van der Waals surface area contributed by atoms with Crippen LogP contribution in [-0.4, -0.2) is 29.6 Å². The van der Waals surface area contributed by atoms with Crippen molar-refractivity contribution in [2.75, 3.05) is 0 Å². The Morgan fingerprint density at radius 2 is 1.15 bits per heavy atom. The van der Waals surface area contributed by atoms with Gasteiger partial charge in [0.1, 0.15) is 9.98 Å². The molecule has 2 unspecified atom stereocenters. The van der Waals surface area contributed by atoms with Crippen LogP contribution in [0.15, 0.2) is 0 Å². The predicted octanol–water partition coefficient (Wildman–Crippen LogP) is 0.767. The maximum atomic E-state index is 10.6. The normalized spacial score (nSPS) is 18.3. The first-order chi connectivity index (χ1) is 5.55. The Morgan fingerprint density at radius 3 is 1.31 bits per heavy atom. The van der Waals surface area contributed by atoms with Crippen LogP contribution >= 0.6 is 27.0 Å². The van der Waals surface area contributed by atoms with Gasteiger partial charge in [0.05, 0.1) is 0 Å². The minimum Gasteiger partial charge on any atom is -0.324 e. The van der Waals surface area contributed by atoms with E-state index in [2.05, 4.69) is 0 Å². The summed E-state index contributed by atoms with van der Waals surface area (Å²) in [6.07, 6.45) is 0. The third-order valence-electron chi connectivity index (χ3n) is 1.34. The Bertz CT molecular complexity index is 229. The Hall–Kier alpha value is 0.650. The van der Waals surface area contributed by atoms with E-state index in [0.717, 1.165) is 0 Å². The lowest BCUT2D eigenvalue weighted by Crippen LogP contribution is -2.05. The van der Waals surface area contributed by atoms with E-state index in [-0.39, 0.29) is 0 Å². The molecule has 0 aromatic heterocycles. The summed E-state index contributed by atoms with van der Waals surface area (Å²) in [6.45, 7) is 2.47. The van der Waals surface area contributed by atoms with Crippen LogP contribution in [0.25, 0.3) is 0 Å². The van der Waals surface area contributed by atoms with Crippen molar-refractivity contribution >= 4 is 27.0 Å². The smallest absolute Gasteiger partial charge is 0.324 e. The highest BCUT2D eigenvalue weighted by Crippen LogP contribution is 2.55. The molecule has 0 saturated heterocycles. The molecule has 6 nitrogen and oxygen atoms in total. The molecule has 0 bridgehead atoms. The summed E-state index contributed by atoms with van der Waals surface area (Å²) in [4.78, 5) is 32.3. The standard InChI is InChI=1S/C4H12O6P2S/c1-3(11(5,6)7)13-4(2)12(8,9)10/h3-4H,1-2H3,(H2,5,6,7)(H2,8,9,10). The number of hydrogen-bond donors (Lipinski definition) is 4. The van der Waals surface area contributed by atoms with Crippen molar-refractivity contribution in [1.29, 1.82) is 0 Å². The maximum Gasteiger partial charge on any atom is 0.338 e. The summed E-state index contributed by atoms with van der Waals surface area (Å²) >= 11 is 0.587. The topological polar surface area (TPSA) is 115 Å². The quantitative estimate of drug-likeness (QED) is 0.544. The lowest BCUT2D eigenvalue weighted by Gasteiger charge is -2.18. The molecule has 2 atom stereocenters. The van der Waals surface area contributed by atoms with E-state index in [9.17, 15) is 9.13 Å². The summed E-state index contributed by atoms with van der Waals surface area (Å²) in [7, 11) is -8.52. The van der Waals surface area contributed by atoms with Gasteiger partial charge in [-0.2, -0.15) is 0 Å². The lowest BCUT2D eigenvalue weighted by atomic mass is 10.9. The minimum atomic E-state index is -4.26. The zero-order valence-electron chi connectivity index (χ0n) is 7.06. The molecule has 13 heavy (non-hydrogen) atoms. The van der Waals surface area contributed by atoms with Crippen molar-refractivity contribution in [2.45, 2.75) is 23.8 Å². The first-order valence-electron chi connectivity index (χ1n) is 3.31. The molecule has 0 aliphatic rings. The molecule has 0 aliphatic heterocycles. The molecule has 0 aliphatic carbocycles. The van der Waals surface area contributed by atoms with Crippen LogP contribution in [0.2, 0.25) is 0 Å². The summed E-state index contributed by atoms with van der Waals surface area (Å²) in [5.74, 6) is 0. The van der Waals surface area contributed by atoms with Gasteiger partial charge >= 0.3 is 15.2 Å². The van der Waals surface area contributed by atoms with Gasteiger partial charge in [0.15, 0.2) is 0 Å². The third kappa shape index (κ3) is 5.18. The first-order valence-corrected chi connectivity index (χ1v) is 7.61. The van der Waals surface area contributed by atoms with Crippen molar-refractivity contribution in [3.05, 3.63) is 0 Å². The SMILES string of the molecule is CC(SC(C)P(=O)(O)O)P(=O)(O)O. The van der Waals surface area contributed by atoms with Crippen molar-refractivity contribution < 1.29 is 28.7 Å². The molecule has 9 heteroatoms. The van der Waals surface area contributed by atoms with E-state index >= 15 is 0 Å². The fourth-order valence-corrected chi connectivity index (χ4v) is 3.67. The molecule has 0 spiro atoms. The summed E-state index contributed by atoms with van der Waals surface area (Å²) < 4.78 is 21.2. The second-order valence-electron chi connectivity index (χ2n) is 2.51. The van der Waals surface area contributed by atoms with Crippen LogP contribution < -0.4 is 0 Å². The average molecular weight is 250 g/mol. The molecule has 0 rings (SSSR count). The van der Waals surface area contributed by atoms with Crippen LogP contribution in [0.4, 0.5) is 0 Å². The van der Waals surface area contributed by atoms with Crippen molar-refractivity contribution in [2.24, 2.45) is 0 Å². The molecule has 0 aromatic rings. The highest BCUT2D eigenvalue weighted by Gasteiger charge is 2.32. The van der Waals surface area contributed by atoms with Gasteiger partial charge in [0.2, 0.25) is 0 Å². The Balaban J connectivity index is 4.32. The molecule has 0 saturated carbocycles. The van der Waals surface area contributed by atoms with Crippen molar-refractivity contribution in [3.8, 4) is 0 Å². The van der Waals surface area contributed by atoms with Crippen LogP contribution in [-0.2, 0) is 9.13 Å². The minimum absolute atomic E-state index is 0.587. The van der Waals surface area contributed by atoms with E-state index in [1.165, 1.54) is 13.8 Å². The second-order valence-corrected chi connectivity index (χ2v) is 8.80. The lowest BCUT2D eigenvalue weighted by molar-refractivity contribution is 0.371. The highest BCUT2D eigenvalue weighted by molar-refractivity contribution is 8.10. The number of thioether (sulfide) groups is 1. The second kappa shape index (κ2) is 4.45. The molecule has 0 fully saturated rings. The van der Waals surface area contributed by atoms with Crippen LogP contribution in [0.1, 0.15) is 13.8 Å². The van der Waals surface area contributed by atoms with E-state index in [4.69, 9.17) is 19.6 Å². The van der Waals surface area contributed by atoms with Crippen LogP contribution in [0.5, 0.6) is 0 Å². The Morgan fingerprint density at radius 1 is 0.923 bits per heavy atom. The molecule has 0 amide bonds. The van der Waals surface area contributed by atoms with E-state index in [1.54, 1.807) is 0 Å². The van der Waals surface area contributed by atoms with Crippen molar-refractivity contribution in [1.82, 2.24) is 0 Å². The maximum absolute atomic E-state index is 10.6. The van der Waals surface area contributed by atoms with Gasteiger partial charge in [-0.15, -0.1) is 11.8 Å². The van der Waals surface area contributed by atoms with E-state index < -0.39 is 25.2 Å². The Kier molecular flexibility index (Phi) is 4.67. The average Bonchev–Trinajstić information content (AvgIpc) is 1.82. The first kappa shape index (κ1) is 13.7. The predicted molar refractivity (Wildman–Crippen MR) is 50.6 cm³/mol. The van der Waals surface area contributed by atoms with Gasteiger partial charge in [0.25, 0.3) is 0 Å². The number of rotatable bonds is 4. The monoisotopic (exact) mass is 250 g/mol. The molecule has 0 aromatic carbocycles. The zero-order valence-corrected chi connectivity index (χ0v) is 9.67. The molecule has 0 radical (unpaired) electrons. The van der Waals surface area contributed by atoms with Gasteiger partial charge in [-0.05, 0) is 13.8 Å². The van der Waals surface area contributed by atoms with Gasteiger partial charge in [-0.25, -0.2) is 0 Å². The largest absolute Gasteiger partial charge is 0.338 e. The van der Waals surface area contributed by atoms with Gasteiger partial charge in [-0.1, -0.05) is 0 Å². The van der Waals surface area contributed by atoms with Gasteiger partial charge < -0.3 is 19.6 Å². The molecule has 4 N–H and O–H groups in total.